The number of likely N-dealkylation sites (tertiary alicyclic amines) is 2. The number of hydrogen-bond donors (Lipinski definition) is 1. The fourth-order valence-electron chi connectivity index (χ4n) is 2.79. The lowest BCUT2D eigenvalue weighted by atomic mass is 10.1. The summed E-state index contributed by atoms with van der Waals surface area (Å²) in [5, 5.41) is 8.95. The van der Waals surface area contributed by atoms with E-state index in [0.717, 1.165) is 12.8 Å². The summed E-state index contributed by atoms with van der Waals surface area (Å²) in [5.41, 5.74) is 0. The van der Waals surface area contributed by atoms with E-state index in [4.69, 9.17) is 9.84 Å². The predicted molar refractivity (Wildman–Crippen MR) is 68.9 cm³/mol. The second-order valence-electron chi connectivity index (χ2n) is 5.19. The molecule has 6 nitrogen and oxygen atoms in total. The third-order valence-electron chi connectivity index (χ3n) is 3.92. The van der Waals surface area contributed by atoms with Crippen LogP contribution >= 0.6 is 0 Å². The first-order valence-electron chi connectivity index (χ1n) is 7.00. The molecule has 108 valence electrons. The third-order valence-corrected chi connectivity index (χ3v) is 3.92. The Kier molecular flexibility index (Phi) is 4.63. The van der Waals surface area contributed by atoms with Crippen LogP contribution < -0.4 is 0 Å². The molecule has 2 rings (SSSR count). The van der Waals surface area contributed by atoms with E-state index in [0.29, 0.717) is 39.2 Å². The molecule has 2 saturated heterocycles. The van der Waals surface area contributed by atoms with E-state index >= 15 is 0 Å². The van der Waals surface area contributed by atoms with Crippen molar-refractivity contribution in [2.75, 3.05) is 32.8 Å². The predicted octanol–water partition coefficient (Wildman–Crippen LogP) is 1.01. The third kappa shape index (κ3) is 3.37. The van der Waals surface area contributed by atoms with Crippen molar-refractivity contribution in [3.05, 3.63) is 0 Å². The van der Waals surface area contributed by atoms with E-state index in [1.165, 1.54) is 0 Å². The van der Waals surface area contributed by atoms with E-state index in [2.05, 4.69) is 0 Å². The van der Waals surface area contributed by atoms with Gasteiger partial charge in [-0.25, -0.2) is 4.79 Å². The summed E-state index contributed by atoms with van der Waals surface area (Å²) < 4.78 is 5.56. The van der Waals surface area contributed by atoms with E-state index in [9.17, 15) is 9.59 Å². The number of carboxylic acids is 1. The molecule has 0 aromatic carbocycles. The first-order valence-corrected chi connectivity index (χ1v) is 7.00. The van der Waals surface area contributed by atoms with Crippen LogP contribution in [0.4, 0.5) is 4.79 Å². The van der Waals surface area contributed by atoms with Gasteiger partial charge in [-0.05, 0) is 26.2 Å². The Balaban J connectivity index is 1.80. The number of urea groups is 1. The Bertz CT molecular complexity index is 340. The van der Waals surface area contributed by atoms with Crippen LogP contribution in [0.2, 0.25) is 0 Å². The summed E-state index contributed by atoms with van der Waals surface area (Å²) in [6, 6.07) is -0.0151. The molecule has 2 aliphatic rings. The molecule has 19 heavy (non-hydrogen) atoms. The van der Waals surface area contributed by atoms with Gasteiger partial charge in [-0.3, -0.25) is 4.79 Å². The Morgan fingerprint density at radius 1 is 1.16 bits per heavy atom. The topological polar surface area (TPSA) is 70.1 Å². The summed E-state index contributed by atoms with van der Waals surface area (Å²) in [6.45, 7) is 5.01. The van der Waals surface area contributed by atoms with Gasteiger partial charge in [0.1, 0.15) is 0 Å². The minimum absolute atomic E-state index is 0.0151. The van der Waals surface area contributed by atoms with Crippen molar-refractivity contribution in [1.82, 2.24) is 9.80 Å². The average Bonchev–Trinajstić information content (AvgIpc) is 2.89. The lowest BCUT2D eigenvalue weighted by Gasteiger charge is -2.34. The number of carbonyl (C=O) groups is 2. The molecule has 0 aliphatic carbocycles. The molecule has 1 unspecified atom stereocenters. The molecule has 0 bridgehead atoms. The average molecular weight is 270 g/mol. The second kappa shape index (κ2) is 6.23. The summed E-state index contributed by atoms with van der Waals surface area (Å²) in [5.74, 6) is -1.20. The van der Waals surface area contributed by atoms with Gasteiger partial charge in [0.05, 0.1) is 12.0 Å². The Morgan fingerprint density at radius 2 is 1.79 bits per heavy atom. The molecule has 2 heterocycles. The smallest absolute Gasteiger partial charge is 0.320 e. The molecule has 2 amide bonds. The Labute approximate surface area is 113 Å². The van der Waals surface area contributed by atoms with Gasteiger partial charge >= 0.3 is 12.0 Å². The largest absolute Gasteiger partial charge is 0.481 e. The van der Waals surface area contributed by atoms with Gasteiger partial charge in [0.15, 0.2) is 0 Å². The molecule has 0 spiro atoms. The van der Waals surface area contributed by atoms with Crippen molar-refractivity contribution in [3.8, 4) is 0 Å². The highest BCUT2D eigenvalue weighted by Gasteiger charge is 2.34. The van der Waals surface area contributed by atoms with Gasteiger partial charge in [0.2, 0.25) is 0 Å². The van der Waals surface area contributed by atoms with Crippen molar-refractivity contribution in [2.45, 2.75) is 32.3 Å². The minimum atomic E-state index is -0.801. The van der Waals surface area contributed by atoms with Crippen molar-refractivity contribution in [3.63, 3.8) is 0 Å². The molecule has 0 aromatic heterocycles. The van der Waals surface area contributed by atoms with Gasteiger partial charge in [0, 0.05) is 32.8 Å². The molecule has 2 aliphatic heterocycles. The summed E-state index contributed by atoms with van der Waals surface area (Å²) in [7, 11) is 0. The van der Waals surface area contributed by atoms with Gasteiger partial charge in [-0.15, -0.1) is 0 Å². The highest BCUT2D eigenvalue weighted by atomic mass is 16.5. The van der Waals surface area contributed by atoms with E-state index in [1.54, 1.807) is 4.90 Å². The Morgan fingerprint density at radius 3 is 2.32 bits per heavy atom. The van der Waals surface area contributed by atoms with E-state index in [1.807, 2.05) is 11.8 Å². The molecular weight excluding hydrogens is 248 g/mol. The maximum atomic E-state index is 12.3. The maximum absolute atomic E-state index is 12.3. The SMILES string of the molecule is CCOC1CCN(C(=O)N2CCC(C(=O)O)C2)CC1. The Hall–Kier alpha value is -1.30. The van der Waals surface area contributed by atoms with Crippen LogP contribution in [0, 0.1) is 5.92 Å². The molecular formula is C13H22N2O4. The fourth-order valence-corrected chi connectivity index (χ4v) is 2.79. The number of piperidine rings is 1. The van der Waals surface area contributed by atoms with E-state index < -0.39 is 11.9 Å². The number of carboxylic acid groups (broad SMARTS) is 1. The number of hydrogen-bond acceptors (Lipinski definition) is 3. The molecule has 0 radical (unpaired) electrons. The van der Waals surface area contributed by atoms with Crippen LogP contribution in [0.25, 0.3) is 0 Å². The molecule has 1 N–H and O–H groups in total. The van der Waals surface area contributed by atoms with Gasteiger partial charge in [0.25, 0.3) is 0 Å². The minimum Gasteiger partial charge on any atom is -0.481 e. The van der Waals surface area contributed by atoms with Crippen molar-refractivity contribution in [2.24, 2.45) is 5.92 Å². The first kappa shape index (κ1) is 14.1. The van der Waals surface area contributed by atoms with Crippen molar-refractivity contribution >= 4 is 12.0 Å². The summed E-state index contributed by atoms with van der Waals surface area (Å²) >= 11 is 0. The number of nitrogens with zero attached hydrogens (tertiary/aromatic N) is 2. The van der Waals surface area contributed by atoms with Crippen molar-refractivity contribution in [1.29, 1.82) is 0 Å². The normalized spacial score (nSPS) is 24.8. The second-order valence-corrected chi connectivity index (χ2v) is 5.19. The summed E-state index contributed by atoms with van der Waals surface area (Å²) in [4.78, 5) is 26.6. The van der Waals surface area contributed by atoms with Crippen LogP contribution in [-0.4, -0.2) is 65.8 Å². The maximum Gasteiger partial charge on any atom is 0.320 e. The zero-order valence-electron chi connectivity index (χ0n) is 11.4. The number of aliphatic carboxylic acids is 1. The van der Waals surface area contributed by atoms with Crippen LogP contribution in [0.1, 0.15) is 26.2 Å². The molecule has 2 fully saturated rings. The lowest BCUT2D eigenvalue weighted by Crippen LogP contribution is -2.47. The van der Waals surface area contributed by atoms with Crippen LogP contribution in [0.3, 0.4) is 0 Å². The monoisotopic (exact) mass is 270 g/mol. The zero-order chi connectivity index (χ0) is 13.8. The van der Waals surface area contributed by atoms with Crippen LogP contribution in [-0.2, 0) is 9.53 Å². The van der Waals surface area contributed by atoms with Gasteiger partial charge in [-0.1, -0.05) is 0 Å². The lowest BCUT2D eigenvalue weighted by molar-refractivity contribution is -0.141. The van der Waals surface area contributed by atoms with Gasteiger partial charge in [-0.2, -0.15) is 0 Å². The van der Waals surface area contributed by atoms with Gasteiger partial charge < -0.3 is 19.6 Å². The van der Waals surface area contributed by atoms with Crippen molar-refractivity contribution < 1.29 is 19.4 Å². The first-order chi connectivity index (χ1) is 9.11. The summed E-state index contributed by atoms with van der Waals surface area (Å²) in [6.07, 6.45) is 2.57. The molecule has 0 aromatic rings. The number of amides is 2. The molecule has 0 saturated carbocycles. The fraction of sp³-hybridized carbons (Fsp3) is 0.846. The van der Waals surface area contributed by atoms with Crippen LogP contribution in [0.5, 0.6) is 0 Å². The molecule has 6 heteroatoms. The standard InChI is InChI=1S/C13H22N2O4/c1-2-19-11-4-7-14(8-5-11)13(18)15-6-3-10(9-15)12(16)17/h10-11H,2-9H2,1H3,(H,16,17). The quantitative estimate of drug-likeness (QED) is 0.831. The number of carbonyl (C=O) groups excluding carboxylic acids is 1. The zero-order valence-corrected chi connectivity index (χ0v) is 11.4. The number of ether oxygens (including phenoxy) is 1. The molecule has 1 atom stereocenters. The number of rotatable bonds is 3. The highest BCUT2D eigenvalue weighted by Crippen LogP contribution is 2.20. The highest BCUT2D eigenvalue weighted by molar-refractivity contribution is 5.77. The van der Waals surface area contributed by atoms with E-state index in [-0.39, 0.29) is 12.1 Å². The van der Waals surface area contributed by atoms with Crippen LogP contribution in [0.15, 0.2) is 0 Å².